The van der Waals surface area contributed by atoms with E-state index in [0.717, 1.165) is 10.2 Å². The lowest BCUT2D eigenvalue weighted by atomic mass is 10.4. The first-order valence-corrected chi connectivity index (χ1v) is 5.56. The van der Waals surface area contributed by atoms with Crippen molar-refractivity contribution >= 4 is 15.9 Å². The van der Waals surface area contributed by atoms with E-state index in [1.54, 1.807) is 24.8 Å². The first-order chi connectivity index (χ1) is 8.33. The fraction of sp³-hybridized carbons (Fsp3) is 0. The number of H-pyrrole nitrogens is 1. The van der Waals surface area contributed by atoms with E-state index in [1.165, 1.54) is 0 Å². The normalized spacial score (nSPS) is 10.6. The summed E-state index contributed by atoms with van der Waals surface area (Å²) in [6.07, 6.45) is 6.55. The second-order valence-electron chi connectivity index (χ2n) is 3.25. The molecule has 0 aliphatic carbocycles. The van der Waals surface area contributed by atoms with E-state index in [2.05, 4.69) is 41.0 Å². The minimum absolute atomic E-state index is 0.413. The summed E-state index contributed by atoms with van der Waals surface area (Å²) in [6.45, 7) is 0. The van der Waals surface area contributed by atoms with Gasteiger partial charge in [-0.2, -0.15) is 4.98 Å². The summed E-state index contributed by atoms with van der Waals surface area (Å²) in [4.78, 5) is 15.3. The number of halogens is 1. The van der Waals surface area contributed by atoms with Crippen molar-refractivity contribution in [2.45, 2.75) is 0 Å². The Hall–Kier alpha value is -2.02. The van der Waals surface area contributed by atoms with Crippen molar-refractivity contribution < 1.29 is 4.52 Å². The Morgan fingerprint density at radius 2 is 2.24 bits per heavy atom. The highest BCUT2D eigenvalue weighted by molar-refractivity contribution is 9.10. The maximum Gasteiger partial charge on any atom is 0.274 e. The molecule has 7 heteroatoms. The molecule has 0 unspecified atom stereocenters. The molecule has 0 aliphatic heterocycles. The molecule has 0 radical (unpaired) electrons. The maximum absolute atomic E-state index is 5.14. The molecule has 0 spiro atoms. The number of nitrogens with one attached hydrogen (secondary N) is 1. The van der Waals surface area contributed by atoms with Gasteiger partial charge in [0, 0.05) is 23.1 Å². The van der Waals surface area contributed by atoms with Crippen molar-refractivity contribution in [1.82, 2.24) is 25.1 Å². The Bertz CT molecular complexity index is 633. The fourth-order valence-electron chi connectivity index (χ4n) is 1.34. The first-order valence-electron chi connectivity index (χ1n) is 4.77. The Balaban J connectivity index is 1.99. The molecular weight excluding hydrogens is 286 g/mol. The molecule has 0 aliphatic rings. The number of aromatic nitrogens is 5. The summed E-state index contributed by atoms with van der Waals surface area (Å²) in [7, 11) is 0. The van der Waals surface area contributed by atoms with Gasteiger partial charge in [-0.1, -0.05) is 5.16 Å². The van der Waals surface area contributed by atoms with Crippen LogP contribution < -0.4 is 0 Å². The van der Waals surface area contributed by atoms with E-state index in [4.69, 9.17) is 4.52 Å². The van der Waals surface area contributed by atoms with Gasteiger partial charge in [0.25, 0.3) is 5.89 Å². The zero-order valence-electron chi connectivity index (χ0n) is 8.46. The molecule has 3 aromatic rings. The van der Waals surface area contributed by atoms with Crippen LogP contribution in [0.5, 0.6) is 0 Å². The average molecular weight is 292 g/mol. The molecular formula is C10H6BrN5O. The summed E-state index contributed by atoms with van der Waals surface area (Å²) in [5, 5.41) is 3.85. The van der Waals surface area contributed by atoms with Gasteiger partial charge >= 0.3 is 0 Å². The summed E-state index contributed by atoms with van der Waals surface area (Å²) in [6, 6.07) is 1.86. The van der Waals surface area contributed by atoms with Gasteiger partial charge in [-0.05, 0) is 22.0 Å². The molecule has 0 amide bonds. The van der Waals surface area contributed by atoms with E-state index < -0.39 is 0 Å². The van der Waals surface area contributed by atoms with Crippen molar-refractivity contribution in [3.63, 3.8) is 0 Å². The quantitative estimate of drug-likeness (QED) is 0.783. The van der Waals surface area contributed by atoms with Gasteiger partial charge in [-0.3, -0.25) is 4.98 Å². The zero-order chi connectivity index (χ0) is 11.7. The largest absolute Gasteiger partial charge is 0.356 e. The van der Waals surface area contributed by atoms with Crippen molar-refractivity contribution in [3.05, 3.63) is 35.3 Å². The number of hydrogen-bond acceptors (Lipinski definition) is 5. The molecule has 1 N–H and O–H groups in total. The number of hydrogen-bond donors (Lipinski definition) is 1. The second kappa shape index (κ2) is 4.10. The van der Waals surface area contributed by atoms with Crippen LogP contribution in [0.2, 0.25) is 0 Å². The van der Waals surface area contributed by atoms with Gasteiger partial charge in [-0.15, -0.1) is 0 Å². The van der Waals surface area contributed by atoms with E-state index >= 15 is 0 Å². The highest BCUT2D eigenvalue weighted by atomic mass is 79.9. The molecule has 0 saturated carbocycles. The molecule has 0 aromatic carbocycles. The Morgan fingerprint density at radius 3 is 2.94 bits per heavy atom. The van der Waals surface area contributed by atoms with Crippen LogP contribution >= 0.6 is 15.9 Å². The third-order valence-electron chi connectivity index (χ3n) is 2.10. The maximum atomic E-state index is 5.14. The van der Waals surface area contributed by atoms with Gasteiger partial charge < -0.3 is 9.51 Å². The summed E-state index contributed by atoms with van der Waals surface area (Å²) in [5.74, 6) is 0.829. The molecule has 0 saturated heterocycles. The van der Waals surface area contributed by atoms with Crippen molar-refractivity contribution in [2.24, 2.45) is 0 Å². The lowest BCUT2D eigenvalue weighted by Gasteiger charge is -1.88. The van der Waals surface area contributed by atoms with Crippen LogP contribution in [0.15, 0.2) is 39.8 Å². The fourth-order valence-corrected chi connectivity index (χ4v) is 1.69. The second-order valence-corrected chi connectivity index (χ2v) is 4.16. The SMILES string of the molecule is Brc1c[nH]c(-c2nc(-c3cnccn3)no2)c1. The lowest BCUT2D eigenvalue weighted by molar-refractivity contribution is 0.431. The van der Waals surface area contributed by atoms with Crippen LogP contribution in [0.25, 0.3) is 23.1 Å². The minimum atomic E-state index is 0.413. The molecule has 84 valence electrons. The highest BCUT2D eigenvalue weighted by Gasteiger charge is 2.12. The topological polar surface area (TPSA) is 80.5 Å². The van der Waals surface area contributed by atoms with Crippen molar-refractivity contribution in [3.8, 4) is 23.1 Å². The lowest BCUT2D eigenvalue weighted by Crippen LogP contribution is -1.86. The van der Waals surface area contributed by atoms with Gasteiger partial charge in [0.15, 0.2) is 0 Å². The van der Waals surface area contributed by atoms with Crippen LogP contribution in [-0.2, 0) is 0 Å². The molecule has 0 atom stereocenters. The summed E-state index contributed by atoms with van der Waals surface area (Å²) < 4.78 is 6.06. The third kappa shape index (κ3) is 1.96. The molecule has 3 rings (SSSR count). The van der Waals surface area contributed by atoms with Crippen molar-refractivity contribution in [2.75, 3.05) is 0 Å². The Kier molecular flexibility index (Phi) is 2.45. The number of nitrogens with zero attached hydrogens (tertiary/aromatic N) is 4. The minimum Gasteiger partial charge on any atom is -0.356 e. The summed E-state index contributed by atoms with van der Waals surface area (Å²) in [5.41, 5.74) is 1.33. The van der Waals surface area contributed by atoms with E-state index in [1.807, 2.05) is 6.07 Å². The zero-order valence-corrected chi connectivity index (χ0v) is 10.0. The van der Waals surface area contributed by atoms with Gasteiger partial charge in [0.2, 0.25) is 5.82 Å². The molecule has 0 fully saturated rings. The van der Waals surface area contributed by atoms with Gasteiger partial charge in [0.05, 0.1) is 6.20 Å². The van der Waals surface area contributed by atoms with Crippen LogP contribution in [0.1, 0.15) is 0 Å². The third-order valence-corrected chi connectivity index (χ3v) is 2.55. The summed E-state index contributed by atoms with van der Waals surface area (Å²) >= 11 is 3.34. The predicted molar refractivity (Wildman–Crippen MR) is 62.8 cm³/mol. The highest BCUT2D eigenvalue weighted by Crippen LogP contribution is 2.22. The molecule has 3 aromatic heterocycles. The Morgan fingerprint density at radius 1 is 1.29 bits per heavy atom. The smallest absolute Gasteiger partial charge is 0.274 e. The number of aromatic amines is 1. The van der Waals surface area contributed by atoms with Gasteiger partial charge in [-0.25, -0.2) is 4.98 Å². The monoisotopic (exact) mass is 291 g/mol. The van der Waals surface area contributed by atoms with Crippen LogP contribution in [0.4, 0.5) is 0 Å². The van der Waals surface area contributed by atoms with Crippen LogP contribution in [-0.4, -0.2) is 25.1 Å². The van der Waals surface area contributed by atoms with E-state index in [9.17, 15) is 0 Å². The molecule has 3 heterocycles. The molecule has 0 bridgehead atoms. The van der Waals surface area contributed by atoms with Crippen LogP contribution in [0, 0.1) is 0 Å². The average Bonchev–Trinajstić information content (AvgIpc) is 2.98. The van der Waals surface area contributed by atoms with E-state index in [0.29, 0.717) is 17.4 Å². The van der Waals surface area contributed by atoms with E-state index in [-0.39, 0.29) is 0 Å². The first kappa shape index (κ1) is 10.2. The van der Waals surface area contributed by atoms with Crippen molar-refractivity contribution in [1.29, 1.82) is 0 Å². The molecule has 6 nitrogen and oxygen atoms in total. The molecule has 17 heavy (non-hydrogen) atoms. The Labute approximate surface area is 104 Å². The predicted octanol–water partition coefficient (Wildman–Crippen LogP) is 2.28. The number of rotatable bonds is 2. The van der Waals surface area contributed by atoms with Gasteiger partial charge in [0.1, 0.15) is 11.4 Å². The standard InChI is InChI=1S/C10H6BrN5O/c11-6-3-7(14-4-6)10-15-9(16-17-10)8-5-12-1-2-13-8/h1-5,14H. The van der Waals surface area contributed by atoms with Crippen LogP contribution in [0.3, 0.4) is 0 Å².